The molecule has 4 heterocycles. The molecule has 26 heavy (non-hydrogen) atoms. The number of aryl methyl sites for hydroxylation is 1. The van der Waals surface area contributed by atoms with E-state index in [1.54, 1.807) is 12.3 Å². The summed E-state index contributed by atoms with van der Waals surface area (Å²) in [5.41, 5.74) is 2.30. The van der Waals surface area contributed by atoms with Gasteiger partial charge in [0.1, 0.15) is 11.3 Å². The number of nitrogens with zero attached hydrogens (tertiary/aromatic N) is 3. The lowest BCUT2D eigenvalue weighted by atomic mass is 9.79. The molecule has 1 N–H and O–H groups in total. The van der Waals surface area contributed by atoms with Crippen LogP contribution < -0.4 is 0 Å². The molecule has 2 fully saturated rings. The lowest BCUT2D eigenvalue weighted by molar-refractivity contribution is -0.120. The van der Waals surface area contributed by atoms with Crippen LogP contribution in [0.2, 0.25) is 0 Å². The summed E-state index contributed by atoms with van der Waals surface area (Å²) in [6, 6.07) is 7.67. The second kappa shape index (κ2) is 7.17. The van der Waals surface area contributed by atoms with Gasteiger partial charge in [0.15, 0.2) is 0 Å². The third-order valence-electron chi connectivity index (χ3n) is 5.34. The van der Waals surface area contributed by atoms with E-state index in [2.05, 4.69) is 15.2 Å². The molecule has 138 valence electrons. The normalized spacial score (nSPS) is 21.1. The first kappa shape index (κ1) is 17.2. The monoisotopic (exact) mass is 356 g/mol. The second-order valence-electron chi connectivity index (χ2n) is 7.14. The van der Waals surface area contributed by atoms with Crippen LogP contribution in [-0.2, 0) is 16.1 Å². The van der Waals surface area contributed by atoms with Gasteiger partial charge in [-0.2, -0.15) is 5.10 Å². The Morgan fingerprint density at radius 3 is 3.08 bits per heavy atom. The van der Waals surface area contributed by atoms with Crippen molar-refractivity contribution in [1.29, 1.82) is 0 Å². The summed E-state index contributed by atoms with van der Waals surface area (Å²) in [6.45, 7) is 5.25. The van der Waals surface area contributed by atoms with E-state index in [-0.39, 0.29) is 11.5 Å². The first-order valence-electron chi connectivity index (χ1n) is 9.09. The lowest BCUT2D eigenvalue weighted by Crippen LogP contribution is -2.66. The van der Waals surface area contributed by atoms with Crippen molar-refractivity contribution in [1.82, 2.24) is 20.1 Å². The van der Waals surface area contributed by atoms with E-state index in [9.17, 15) is 4.79 Å². The lowest BCUT2D eigenvalue weighted by Gasteiger charge is -2.50. The van der Waals surface area contributed by atoms with Crippen LogP contribution in [0, 0.1) is 12.8 Å². The molecule has 1 atom stereocenters. The van der Waals surface area contributed by atoms with E-state index in [0.717, 1.165) is 30.8 Å². The number of ether oxygens (including phenoxy) is 2. The summed E-state index contributed by atoms with van der Waals surface area (Å²) in [5.74, 6) is 0.419. The zero-order valence-electron chi connectivity index (χ0n) is 15.0. The number of aromatic nitrogens is 3. The Kier molecular flexibility index (Phi) is 4.74. The molecule has 0 saturated carbocycles. The molecule has 2 aromatic rings. The number of amides is 1. The Morgan fingerprint density at radius 1 is 1.42 bits per heavy atom. The molecule has 2 saturated heterocycles. The van der Waals surface area contributed by atoms with E-state index in [0.29, 0.717) is 37.9 Å². The zero-order chi connectivity index (χ0) is 18.0. The van der Waals surface area contributed by atoms with Crippen molar-refractivity contribution in [2.45, 2.75) is 32.0 Å². The van der Waals surface area contributed by atoms with E-state index in [4.69, 9.17) is 9.47 Å². The number of pyridine rings is 1. The maximum Gasteiger partial charge on any atom is 0.272 e. The minimum atomic E-state index is -0.194. The minimum absolute atomic E-state index is 0.0100. The fraction of sp³-hybridized carbons (Fsp3) is 0.526. The van der Waals surface area contributed by atoms with Gasteiger partial charge in [-0.1, -0.05) is 6.07 Å². The van der Waals surface area contributed by atoms with Crippen molar-refractivity contribution in [3.63, 3.8) is 0 Å². The number of carbonyl (C=O) groups is 1. The Bertz CT molecular complexity index is 756. The highest BCUT2D eigenvalue weighted by Gasteiger charge is 2.54. The van der Waals surface area contributed by atoms with Crippen LogP contribution in [0.4, 0.5) is 0 Å². The summed E-state index contributed by atoms with van der Waals surface area (Å²) >= 11 is 0. The fourth-order valence-electron chi connectivity index (χ4n) is 3.91. The third kappa shape index (κ3) is 3.37. The van der Waals surface area contributed by atoms with Crippen molar-refractivity contribution in [3.8, 4) is 0 Å². The molecular formula is C19H24N4O3. The average Bonchev–Trinajstić information content (AvgIpc) is 3.26. The van der Waals surface area contributed by atoms with Crippen LogP contribution in [0.3, 0.4) is 0 Å². The van der Waals surface area contributed by atoms with Crippen LogP contribution in [0.5, 0.6) is 0 Å². The van der Waals surface area contributed by atoms with Crippen molar-refractivity contribution in [3.05, 3.63) is 47.5 Å². The first-order chi connectivity index (χ1) is 12.7. The predicted octanol–water partition coefficient (Wildman–Crippen LogP) is 1.95. The Hall–Kier alpha value is -2.25. The molecule has 0 aliphatic carbocycles. The number of hydrogen-bond donors (Lipinski definition) is 1. The molecule has 2 aliphatic rings. The predicted molar refractivity (Wildman–Crippen MR) is 94.5 cm³/mol. The van der Waals surface area contributed by atoms with Gasteiger partial charge in [0.2, 0.25) is 0 Å². The van der Waals surface area contributed by atoms with Crippen LogP contribution in [-0.4, -0.2) is 57.9 Å². The van der Waals surface area contributed by atoms with Crippen molar-refractivity contribution < 1.29 is 14.3 Å². The highest BCUT2D eigenvalue weighted by atomic mass is 16.5. The van der Waals surface area contributed by atoms with Gasteiger partial charge in [-0.3, -0.25) is 14.9 Å². The van der Waals surface area contributed by atoms with Gasteiger partial charge >= 0.3 is 0 Å². The number of nitrogens with one attached hydrogen (secondary N) is 1. The van der Waals surface area contributed by atoms with Crippen LogP contribution in [0.25, 0.3) is 0 Å². The molecule has 4 rings (SSSR count). The van der Waals surface area contributed by atoms with Gasteiger partial charge in [-0.15, -0.1) is 0 Å². The molecule has 7 nitrogen and oxygen atoms in total. The van der Waals surface area contributed by atoms with Crippen LogP contribution >= 0.6 is 0 Å². The molecule has 0 radical (unpaired) electrons. The quantitative estimate of drug-likeness (QED) is 0.800. The summed E-state index contributed by atoms with van der Waals surface area (Å²) in [6.07, 6.45) is 3.56. The highest BCUT2D eigenvalue weighted by Crippen LogP contribution is 2.42. The molecule has 1 amide bonds. The molecule has 0 bridgehead atoms. The standard InChI is InChI=1S/C19H24N4O3/c1-14-3-2-4-16(21-14)11-25-9-6-15-7-10-26-19(15)12-23(13-19)18(24)17-5-8-20-22-17/h2-5,8,15H,6-7,9-13H2,1H3,(H,20,22). The molecule has 2 aliphatic heterocycles. The third-order valence-corrected chi connectivity index (χ3v) is 5.34. The number of aromatic amines is 1. The number of H-pyrrole nitrogens is 1. The topological polar surface area (TPSA) is 80.3 Å². The van der Waals surface area contributed by atoms with E-state index < -0.39 is 0 Å². The molecule has 2 aromatic heterocycles. The molecule has 1 unspecified atom stereocenters. The SMILES string of the molecule is Cc1cccc(COCCC2CCOC23CN(C(=O)c2ccn[nH]2)C3)n1. The summed E-state index contributed by atoms with van der Waals surface area (Å²) in [5, 5.41) is 6.57. The number of likely N-dealkylation sites (tertiary alicyclic amines) is 1. The Balaban J connectivity index is 1.25. The number of rotatable bonds is 6. The summed E-state index contributed by atoms with van der Waals surface area (Å²) in [7, 11) is 0. The molecule has 0 aromatic carbocycles. The molecule has 7 heteroatoms. The second-order valence-corrected chi connectivity index (χ2v) is 7.14. The average molecular weight is 356 g/mol. The van der Waals surface area contributed by atoms with Gasteiger partial charge in [-0.25, -0.2) is 0 Å². The number of hydrogen-bond acceptors (Lipinski definition) is 5. The largest absolute Gasteiger partial charge is 0.375 e. The molecule has 1 spiro atoms. The summed E-state index contributed by atoms with van der Waals surface area (Å²) in [4.78, 5) is 18.6. The van der Waals surface area contributed by atoms with Crippen LogP contribution in [0.15, 0.2) is 30.5 Å². The van der Waals surface area contributed by atoms with E-state index in [1.807, 2.05) is 30.0 Å². The van der Waals surface area contributed by atoms with Crippen LogP contribution in [0.1, 0.15) is 34.7 Å². The van der Waals surface area contributed by atoms with Gasteiger partial charge in [0.25, 0.3) is 5.91 Å². The van der Waals surface area contributed by atoms with Crippen molar-refractivity contribution in [2.24, 2.45) is 5.92 Å². The smallest absolute Gasteiger partial charge is 0.272 e. The first-order valence-corrected chi connectivity index (χ1v) is 9.09. The Morgan fingerprint density at radius 2 is 2.31 bits per heavy atom. The summed E-state index contributed by atoms with van der Waals surface area (Å²) < 4.78 is 11.9. The van der Waals surface area contributed by atoms with Gasteiger partial charge in [-0.05, 0) is 43.9 Å². The fourth-order valence-corrected chi connectivity index (χ4v) is 3.91. The van der Waals surface area contributed by atoms with Gasteiger partial charge in [0.05, 0.1) is 25.4 Å². The zero-order valence-corrected chi connectivity index (χ0v) is 15.0. The van der Waals surface area contributed by atoms with Crippen molar-refractivity contribution >= 4 is 5.91 Å². The van der Waals surface area contributed by atoms with E-state index >= 15 is 0 Å². The minimum Gasteiger partial charge on any atom is -0.375 e. The van der Waals surface area contributed by atoms with Gasteiger partial charge in [0, 0.05) is 25.1 Å². The maximum atomic E-state index is 12.3. The maximum absolute atomic E-state index is 12.3. The highest BCUT2D eigenvalue weighted by molar-refractivity contribution is 5.93. The molecular weight excluding hydrogens is 332 g/mol. The van der Waals surface area contributed by atoms with Crippen molar-refractivity contribution in [2.75, 3.05) is 26.3 Å². The number of carbonyl (C=O) groups excluding carboxylic acids is 1. The van der Waals surface area contributed by atoms with E-state index in [1.165, 1.54) is 0 Å². The van der Waals surface area contributed by atoms with Gasteiger partial charge < -0.3 is 14.4 Å². The Labute approximate surface area is 152 Å².